The first-order chi connectivity index (χ1) is 9.60. The first-order valence-electron chi connectivity index (χ1n) is 6.41. The third-order valence-corrected chi connectivity index (χ3v) is 3.23. The third-order valence-electron chi connectivity index (χ3n) is 3.23. The summed E-state index contributed by atoms with van der Waals surface area (Å²) in [7, 11) is 1.62. The van der Waals surface area contributed by atoms with Gasteiger partial charge in [0.15, 0.2) is 0 Å². The van der Waals surface area contributed by atoms with Crippen LogP contribution in [0.15, 0.2) is 42.5 Å². The van der Waals surface area contributed by atoms with Crippen LogP contribution in [0.4, 0.5) is 8.78 Å². The molecule has 0 radical (unpaired) electrons. The average molecular weight is 277 g/mol. The van der Waals surface area contributed by atoms with E-state index < -0.39 is 11.6 Å². The largest absolute Gasteiger partial charge is 0.497 e. The van der Waals surface area contributed by atoms with Gasteiger partial charge < -0.3 is 10.1 Å². The van der Waals surface area contributed by atoms with Gasteiger partial charge in [0.25, 0.3) is 0 Å². The third kappa shape index (κ3) is 3.54. The molecule has 0 spiro atoms. The average Bonchev–Trinajstić information content (AvgIpc) is 2.46. The smallest absolute Gasteiger partial charge is 0.130 e. The van der Waals surface area contributed by atoms with Crippen LogP contribution < -0.4 is 10.1 Å². The quantitative estimate of drug-likeness (QED) is 0.897. The molecular formula is C16H17F2NO. The molecule has 0 fully saturated rings. The van der Waals surface area contributed by atoms with Gasteiger partial charge in [-0.05, 0) is 30.7 Å². The molecule has 2 aromatic rings. The fraction of sp³-hybridized carbons (Fsp3) is 0.250. The molecule has 2 nitrogen and oxygen atoms in total. The number of nitrogens with one attached hydrogen (secondary N) is 1. The van der Waals surface area contributed by atoms with E-state index in [0.29, 0.717) is 12.1 Å². The van der Waals surface area contributed by atoms with Crippen molar-refractivity contribution >= 4 is 0 Å². The standard InChI is InChI=1S/C16H17F2NO/c1-11(12-4-7-15(20-2)8-5-12)19-10-13-3-6-14(17)9-16(13)18/h3-9,11,19H,10H2,1-2H3/t11-/m1/s1. The van der Waals surface area contributed by atoms with Crippen molar-refractivity contribution in [2.45, 2.75) is 19.5 Å². The van der Waals surface area contributed by atoms with Gasteiger partial charge in [-0.15, -0.1) is 0 Å². The van der Waals surface area contributed by atoms with E-state index in [0.717, 1.165) is 17.4 Å². The summed E-state index contributed by atoms with van der Waals surface area (Å²) < 4.78 is 31.4. The molecule has 0 aromatic heterocycles. The van der Waals surface area contributed by atoms with Crippen molar-refractivity contribution in [3.05, 3.63) is 65.2 Å². The van der Waals surface area contributed by atoms with Crippen LogP contribution in [0.2, 0.25) is 0 Å². The Morgan fingerprint density at radius 1 is 1.10 bits per heavy atom. The molecule has 0 saturated heterocycles. The van der Waals surface area contributed by atoms with Gasteiger partial charge in [0, 0.05) is 24.2 Å². The normalized spacial score (nSPS) is 12.2. The first-order valence-corrected chi connectivity index (χ1v) is 6.41. The maximum absolute atomic E-state index is 13.5. The van der Waals surface area contributed by atoms with Crippen LogP contribution in [0, 0.1) is 11.6 Å². The highest BCUT2D eigenvalue weighted by Crippen LogP contribution is 2.18. The van der Waals surface area contributed by atoms with Gasteiger partial charge in [0.2, 0.25) is 0 Å². The summed E-state index contributed by atoms with van der Waals surface area (Å²) in [6.45, 7) is 2.34. The molecule has 0 saturated carbocycles. The number of ether oxygens (including phenoxy) is 1. The predicted molar refractivity (Wildman–Crippen MR) is 74.6 cm³/mol. The molecule has 1 N–H and O–H groups in total. The van der Waals surface area contributed by atoms with Crippen molar-refractivity contribution in [1.29, 1.82) is 0 Å². The summed E-state index contributed by atoms with van der Waals surface area (Å²) in [6, 6.07) is 11.4. The number of hydrogen-bond donors (Lipinski definition) is 1. The molecule has 0 aliphatic carbocycles. The number of methoxy groups -OCH3 is 1. The topological polar surface area (TPSA) is 21.3 Å². The van der Waals surface area contributed by atoms with Crippen LogP contribution in [0.1, 0.15) is 24.1 Å². The maximum atomic E-state index is 13.5. The molecule has 0 bridgehead atoms. The Morgan fingerprint density at radius 3 is 2.40 bits per heavy atom. The summed E-state index contributed by atoms with van der Waals surface area (Å²) in [5.41, 5.74) is 1.53. The van der Waals surface area contributed by atoms with Gasteiger partial charge in [0.1, 0.15) is 17.4 Å². The zero-order valence-corrected chi connectivity index (χ0v) is 11.5. The highest BCUT2D eigenvalue weighted by atomic mass is 19.1. The zero-order valence-electron chi connectivity index (χ0n) is 11.5. The van der Waals surface area contributed by atoms with E-state index in [-0.39, 0.29) is 6.04 Å². The molecule has 0 aliphatic rings. The molecule has 106 valence electrons. The van der Waals surface area contributed by atoms with E-state index in [1.807, 2.05) is 31.2 Å². The SMILES string of the molecule is COc1ccc([C@@H](C)NCc2ccc(F)cc2F)cc1. The molecule has 4 heteroatoms. The first kappa shape index (κ1) is 14.5. The van der Waals surface area contributed by atoms with Crippen molar-refractivity contribution in [3.8, 4) is 5.75 Å². The fourth-order valence-electron chi connectivity index (χ4n) is 1.94. The minimum atomic E-state index is -0.561. The molecular weight excluding hydrogens is 260 g/mol. The van der Waals surface area contributed by atoms with E-state index in [2.05, 4.69) is 5.32 Å². The molecule has 0 amide bonds. The maximum Gasteiger partial charge on any atom is 0.130 e. The lowest BCUT2D eigenvalue weighted by Crippen LogP contribution is -2.18. The van der Waals surface area contributed by atoms with Crippen LogP contribution in [0.5, 0.6) is 5.75 Å². The van der Waals surface area contributed by atoms with E-state index in [1.54, 1.807) is 7.11 Å². The minimum Gasteiger partial charge on any atom is -0.497 e. The molecule has 1 atom stereocenters. The van der Waals surface area contributed by atoms with Crippen molar-refractivity contribution in [3.63, 3.8) is 0 Å². The Bertz CT molecular complexity index is 569. The Balaban J connectivity index is 1.98. The van der Waals surface area contributed by atoms with Crippen molar-refractivity contribution < 1.29 is 13.5 Å². The van der Waals surface area contributed by atoms with Gasteiger partial charge in [-0.25, -0.2) is 8.78 Å². The summed E-state index contributed by atoms with van der Waals surface area (Å²) in [5.74, 6) is -0.292. The summed E-state index contributed by atoms with van der Waals surface area (Å²) in [4.78, 5) is 0. The highest BCUT2D eigenvalue weighted by Gasteiger charge is 2.08. The predicted octanol–water partition coefficient (Wildman–Crippen LogP) is 3.82. The zero-order chi connectivity index (χ0) is 14.5. The van der Waals surface area contributed by atoms with E-state index in [1.165, 1.54) is 12.1 Å². The van der Waals surface area contributed by atoms with Gasteiger partial charge in [-0.1, -0.05) is 18.2 Å². The second kappa shape index (κ2) is 6.48. The van der Waals surface area contributed by atoms with E-state index in [4.69, 9.17) is 4.74 Å². The van der Waals surface area contributed by atoms with Crippen LogP contribution in [-0.4, -0.2) is 7.11 Å². The van der Waals surface area contributed by atoms with Gasteiger partial charge in [0.05, 0.1) is 7.11 Å². The van der Waals surface area contributed by atoms with Gasteiger partial charge in [-0.2, -0.15) is 0 Å². The lowest BCUT2D eigenvalue weighted by molar-refractivity contribution is 0.414. The lowest BCUT2D eigenvalue weighted by atomic mass is 10.1. The highest BCUT2D eigenvalue weighted by molar-refractivity contribution is 5.29. The number of hydrogen-bond acceptors (Lipinski definition) is 2. The Labute approximate surface area is 117 Å². The second-order valence-electron chi connectivity index (χ2n) is 4.61. The fourth-order valence-corrected chi connectivity index (χ4v) is 1.94. The monoisotopic (exact) mass is 277 g/mol. The van der Waals surface area contributed by atoms with E-state index >= 15 is 0 Å². The lowest BCUT2D eigenvalue weighted by Gasteiger charge is -2.15. The summed E-state index contributed by atoms with van der Waals surface area (Å²) in [5, 5.41) is 3.21. The Kier molecular flexibility index (Phi) is 4.69. The number of benzene rings is 2. The number of rotatable bonds is 5. The molecule has 2 aromatic carbocycles. The van der Waals surface area contributed by atoms with E-state index in [9.17, 15) is 8.78 Å². The van der Waals surface area contributed by atoms with Crippen molar-refractivity contribution in [1.82, 2.24) is 5.32 Å². The molecule has 2 rings (SSSR count). The van der Waals surface area contributed by atoms with Crippen LogP contribution in [-0.2, 0) is 6.54 Å². The van der Waals surface area contributed by atoms with Crippen molar-refractivity contribution in [2.24, 2.45) is 0 Å². The van der Waals surface area contributed by atoms with Crippen LogP contribution in [0.25, 0.3) is 0 Å². The van der Waals surface area contributed by atoms with Crippen molar-refractivity contribution in [2.75, 3.05) is 7.11 Å². The molecule has 0 aliphatic heterocycles. The van der Waals surface area contributed by atoms with Gasteiger partial charge in [-0.3, -0.25) is 0 Å². The Hall–Kier alpha value is -1.94. The molecule has 0 heterocycles. The molecule has 20 heavy (non-hydrogen) atoms. The van der Waals surface area contributed by atoms with Gasteiger partial charge >= 0.3 is 0 Å². The van der Waals surface area contributed by atoms with Crippen LogP contribution >= 0.6 is 0 Å². The Morgan fingerprint density at radius 2 is 1.80 bits per heavy atom. The molecule has 0 unspecified atom stereocenters. The van der Waals surface area contributed by atoms with Crippen LogP contribution in [0.3, 0.4) is 0 Å². The summed E-state index contributed by atoms with van der Waals surface area (Å²) in [6.07, 6.45) is 0. The summed E-state index contributed by atoms with van der Waals surface area (Å²) >= 11 is 0. The minimum absolute atomic E-state index is 0.0605. The number of halogens is 2. The second-order valence-corrected chi connectivity index (χ2v) is 4.61.